The lowest BCUT2D eigenvalue weighted by Gasteiger charge is -2.22. The van der Waals surface area contributed by atoms with E-state index in [-0.39, 0.29) is 0 Å². The van der Waals surface area contributed by atoms with Gasteiger partial charge in [-0.1, -0.05) is 61.1 Å². The Kier molecular flexibility index (Phi) is 7.63. The molecule has 1 aliphatic heterocycles. The molecule has 1 atom stereocenters. The number of nitrogens with two attached hydrogens (primary N) is 1. The van der Waals surface area contributed by atoms with Crippen molar-refractivity contribution in [2.24, 2.45) is 21.6 Å². The highest BCUT2D eigenvalue weighted by molar-refractivity contribution is 6.43. The summed E-state index contributed by atoms with van der Waals surface area (Å²) >= 11 is 0. The van der Waals surface area contributed by atoms with E-state index in [1.165, 1.54) is 11.1 Å². The minimum atomic E-state index is 0.305. The molecule has 0 saturated heterocycles. The van der Waals surface area contributed by atoms with Gasteiger partial charge < -0.3 is 5.73 Å². The summed E-state index contributed by atoms with van der Waals surface area (Å²) in [5.41, 5.74) is 10.6. The third-order valence-corrected chi connectivity index (χ3v) is 4.32. The van der Waals surface area contributed by atoms with E-state index in [4.69, 9.17) is 10.7 Å². The van der Waals surface area contributed by atoms with Crippen LogP contribution in [0.4, 0.5) is 0 Å². The molecule has 2 rings (SSSR count). The third-order valence-electron chi connectivity index (χ3n) is 4.32. The highest BCUT2D eigenvalue weighted by atomic mass is 14.9. The summed E-state index contributed by atoms with van der Waals surface area (Å²) in [7, 11) is 0. The van der Waals surface area contributed by atoms with Gasteiger partial charge in [0.25, 0.3) is 0 Å². The summed E-state index contributed by atoms with van der Waals surface area (Å²) in [6, 6.07) is 0. The zero-order valence-electron chi connectivity index (χ0n) is 14.9. The van der Waals surface area contributed by atoms with Crippen molar-refractivity contribution >= 4 is 11.4 Å². The van der Waals surface area contributed by atoms with Gasteiger partial charge in [-0.05, 0) is 25.3 Å². The van der Waals surface area contributed by atoms with Crippen molar-refractivity contribution in [1.29, 1.82) is 0 Å². The molecule has 0 radical (unpaired) electrons. The highest BCUT2D eigenvalue weighted by Crippen LogP contribution is 2.28. The van der Waals surface area contributed by atoms with Crippen LogP contribution in [0, 0.1) is 5.92 Å². The molecule has 3 heteroatoms. The fraction of sp³-hybridized carbons (Fsp3) is 0.429. The molecule has 0 amide bonds. The minimum Gasteiger partial charge on any atom is -0.325 e. The van der Waals surface area contributed by atoms with Crippen molar-refractivity contribution in [3.63, 3.8) is 0 Å². The zero-order chi connectivity index (χ0) is 17.2. The number of allylic oxidation sites excluding steroid dienone is 10. The molecule has 0 aromatic rings. The Morgan fingerprint density at radius 3 is 2.79 bits per heavy atom. The third kappa shape index (κ3) is 5.27. The summed E-state index contributed by atoms with van der Waals surface area (Å²) in [6.07, 6.45) is 20.5. The molecule has 128 valence electrons. The maximum absolute atomic E-state index is 5.87. The molecular weight excluding hydrogens is 294 g/mol. The van der Waals surface area contributed by atoms with Crippen LogP contribution >= 0.6 is 0 Å². The zero-order valence-corrected chi connectivity index (χ0v) is 14.9. The molecule has 1 unspecified atom stereocenters. The predicted molar refractivity (Wildman–Crippen MR) is 106 cm³/mol. The molecule has 1 heterocycles. The van der Waals surface area contributed by atoms with Crippen LogP contribution in [0.2, 0.25) is 0 Å². The minimum absolute atomic E-state index is 0.305. The average molecular weight is 323 g/mol. The number of nitrogens with zero attached hydrogens (tertiary/aromatic N) is 2. The number of aliphatic imine (C=N–C) groups is 2. The second-order valence-corrected chi connectivity index (χ2v) is 6.10. The van der Waals surface area contributed by atoms with Gasteiger partial charge in [0.1, 0.15) is 0 Å². The van der Waals surface area contributed by atoms with Gasteiger partial charge in [-0.15, -0.1) is 0 Å². The van der Waals surface area contributed by atoms with Gasteiger partial charge >= 0.3 is 0 Å². The van der Waals surface area contributed by atoms with Crippen molar-refractivity contribution in [1.82, 2.24) is 0 Å². The quantitative estimate of drug-likeness (QED) is 0.701. The molecule has 0 bridgehead atoms. The van der Waals surface area contributed by atoms with Crippen LogP contribution in [-0.4, -0.2) is 31.1 Å². The first-order valence-corrected chi connectivity index (χ1v) is 8.90. The van der Waals surface area contributed by atoms with Crippen molar-refractivity contribution in [2.75, 3.05) is 19.6 Å². The molecule has 1 aliphatic carbocycles. The standard InChI is InChI=1S/C21H29N3/c1-3-4-7-10-17(2)19(18-11-8-5-6-9-12-18)15-20-21(16-22)24-14-13-23-20/h4-5,7-12,19H,3,6,13-16,22H2,1-2H3/b7-4-,17-10+. The van der Waals surface area contributed by atoms with E-state index < -0.39 is 0 Å². The second kappa shape index (κ2) is 9.99. The summed E-state index contributed by atoms with van der Waals surface area (Å²) in [4.78, 5) is 9.27. The monoisotopic (exact) mass is 323 g/mol. The molecule has 0 aromatic carbocycles. The fourth-order valence-electron chi connectivity index (χ4n) is 2.95. The molecular formula is C21H29N3. The van der Waals surface area contributed by atoms with E-state index in [0.717, 1.165) is 43.8 Å². The largest absolute Gasteiger partial charge is 0.325 e. The van der Waals surface area contributed by atoms with Gasteiger partial charge in [0, 0.05) is 18.9 Å². The Labute approximate surface area is 146 Å². The van der Waals surface area contributed by atoms with Crippen molar-refractivity contribution < 1.29 is 0 Å². The first-order valence-electron chi connectivity index (χ1n) is 8.90. The van der Waals surface area contributed by atoms with Gasteiger partial charge in [0.15, 0.2) is 0 Å². The molecule has 0 spiro atoms. The van der Waals surface area contributed by atoms with Crippen molar-refractivity contribution in [2.45, 2.75) is 33.1 Å². The summed E-state index contributed by atoms with van der Waals surface area (Å²) in [6.45, 7) is 6.37. The van der Waals surface area contributed by atoms with Crippen LogP contribution in [0.25, 0.3) is 0 Å². The van der Waals surface area contributed by atoms with E-state index in [2.05, 4.69) is 67.4 Å². The topological polar surface area (TPSA) is 50.7 Å². The van der Waals surface area contributed by atoms with Crippen molar-refractivity contribution in [3.05, 3.63) is 59.8 Å². The Bertz CT molecular complexity index is 627. The van der Waals surface area contributed by atoms with Crippen LogP contribution in [0.15, 0.2) is 69.7 Å². The lowest BCUT2D eigenvalue weighted by atomic mass is 9.85. The molecule has 0 aromatic heterocycles. The predicted octanol–water partition coefficient (Wildman–Crippen LogP) is 4.20. The molecule has 2 aliphatic rings. The number of hydrogen-bond donors (Lipinski definition) is 1. The molecule has 2 N–H and O–H groups in total. The molecule has 3 nitrogen and oxygen atoms in total. The van der Waals surface area contributed by atoms with Gasteiger partial charge in [-0.2, -0.15) is 0 Å². The highest BCUT2D eigenvalue weighted by Gasteiger charge is 2.21. The maximum atomic E-state index is 5.87. The molecule has 24 heavy (non-hydrogen) atoms. The van der Waals surface area contributed by atoms with E-state index in [9.17, 15) is 0 Å². The van der Waals surface area contributed by atoms with Crippen LogP contribution in [-0.2, 0) is 0 Å². The van der Waals surface area contributed by atoms with Crippen LogP contribution in [0.3, 0.4) is 0 Å². The summed E-state index contributed by atoms with van der Waals surface area (Å²) in [5, 5.41) is 0. The molecule has 0 saturated carbocycles. The lowest BCUT2D eigenvalue weighted by molar-refractivity contribution is 0.761. The first kappa shape index (κ1) is 18.3. The Morgan fingerprint density at radius 1 is 1.25 bits per heavy atom. The van der Waals surface area contributed by atoms with Crippen molar-refractivity contribution in [3.8, 4) is 0 Å². The Hall–Kier alpha value is -2.00. The lowest BCUT2D eigenvalue weighted by Crippen LogP contribution is -2.30. The summed E-state index contributed by atoms with van der Waals surface area (Å²) < 4.78 is 0. The summed E-state index contributed by atoms with van der Waals surface area (Å²) in [5.74, 6) is 0.305. The van der Waals surface area contributed by atoms with Crippen LogP contribution in [0.5, 0.6) is 0 Å². The van der Waals surface area contributed by atoms with Gasteiger partial charge in [0.05, 0.1) is 24.5 Å². The number of rotatable bonds is 7. The van der Waals surface area contributed by atoms with E-state index in [1.54, 1.807) is 0 Å². The smallest absolute Gasteiger partial charge is 0.0695 e. The first-order chi connectivity index (χ1) is 11.8. The van der Waals surface area contributed by atoms with Gasteiger partial charge in [-0.3, -0.25) is 9.98 Å². The fourth-order valence-corrected chi connectivity index (χ4v) is 2.95. The van der Waals surface area contributed by atoms with E-state index >= 15 is 0 Å². The molecule has 0 fully saturated rings. The van der Waals surface area contributed by atoms with E-state index in [1.807, 2.05) is 0 Å². The second-order valence-electron chi connectivity index (χ2n) is 6.10. The number of hydrogen-bond acceptors (Lipinski definition) is 3. The van der Waals surface area contributed by atoms with Gasteiger partial charge in [-0.25, -0.2) is 0 Å². The maximum Gasteiger partial charge on any atom is 0.0695 e. The SMILES string of the molecule is CC/C=C\C=C(/C)C(CC1=NCCN=C1CN)C1=CC=CCC=C1. The Balaban J connectivity index is 2.29. The van der Waals surface area contributed by atoms with Gasteiger partial charge in [0.2, 0.25) is 0 Å². The Morgan fingerprint density at radius 2 is 2.04 bits per heavy atom. The van der Waals surface area contributed by atoms with Crippen LogP contribution in [0.1, 0.15) is 33.1 Å². The van der Waals surface area contributed by atoms with Crippen LogP contribution < -0.4 is 5.73 Å². The normalized spacial score (nSPS) is 19.8. The average Bonchev–Trinajstić information content (AvgIpc) is 2.89. The van der Waals surface area contributed by atoms with E-state index in [0.29, 0.717) is 12.5 Å².